The molecule has 0 aliphatic rings. The van der Waals surface area contributed by atoms with Crippen LogP contribution in [-0.4, -0.2) is 19.1 Å². The van der Waals surface area contributed by atoms with Crippen LogP contribution in [0, 0.1) is 0 Å². The summed E-state index contributed by atoms with van der Waals surface area (Å²) in [4.78, 5) is 11.2. The van der Waals surface area contributed by atoms with Crippen molar-refractivity contribution in [2.75, 3.05) is 0 Å². The minimum Gasteiger partial charge on any atom is -0.309 e. The third-order valence-electron chi connectivity index (χ3n) is 15.4. The van der Waals surface area contributed by atoms with Crippen molar-refractivity contribution in [1.29, 1.82) is 0 Å². The number of rotatable bonds is 7. The molecular formula is C70H42N4S2. The van der Waals surface area contributed by atoms with Gasteiger partial charge in [-0.3, -0.25) is 4.57 Å². The van der Waals surface area contributed by atoms with Crippen molar-refractivity contribution in [1.82, 2.24) is 19.1 Å². The third kappa shape index (κ3) is 6.81. The van der Waals surface area contributed by atoms with E-state index in [0.29, 0.717) is 5.95 Å². The Morgan fingerprint density at radius 3 is 1.36 bits per heavy atom. The van der Waals surface area contributed by atoms with Gasteiger partial charge in [0, 0.05) is 78.7 Å². The van der Waals surface area contributed by atoms with Gasteiger partial charge in [0.2, 0.25) is 5.95 Å². The molecule has 0 saturated heterocycles. The van der Waals surface area contributed by atoms with E-state index >= 15 is 0 Å². The van der Waals surface area contributed by atoms with Gasteiger partial charge in [0.05, 0.1) is 33.5 Å². The zero-order chi connectivity index (χ0) is 49.8. The van der Waals surface area contributed by atoms with Crippen molar-refractivity contribution in [3.63, 3.8) is 0 Å². The van der Waals surface area contributed by atoms with Crippen LogP contribution >= 0.6 is 22.7 Å². The summed E-state index contributed by atoms with van der Waals surface area (Å²) in [5.41, 5.74) is 16.1. The Hall–Kier alpha value is -9.46. The first-order valence-electron chi connectivity index (χ1n) is 25.7. The minimum absolute atomic E-state index is 0.611. The van der Waals surface area contributed by atoms with Crippen LogP contribution < -0.4 is 0 Å². The summed E-state index contributed by atoms with van der Waals surface area (Å²) >= 11 is 3.70. The van der Waals surface area contributed by atoms with E-state index in [2.05, 4.69) is 264 Å². The molecule has 0 saturated carbocycles. The van der Waals surface area contributed by atoms with Crippen LogP contribution in [0.1, 0.15) is 0 Å². The largest absolute Gasteiger partial charge is 0.309 e. The maximum Gasteiger partial charge on any atom is 0.235 e. The summed E-state index contributed by atoms with van der Waals surface area (Å²) in [6, 6.07) is 92.8. The zero-order valence-corrected chi connectivity index (χ0v) is 42.5. The Labute approximate surface area is 445 Å². The second-order valence-electron chi connectivity index (χ2n) is 19.7. The van der Waals surface area contributed by atoms with E-state index in [1.54, 1.807) is 0 Å². The molecule has 5 aromatic heterocycles. The first kappa shape index (κ1) is 43.0. The summed E-state index contributed by atoms with van der Waals surface area (Å²) in [5, 5.41) is 9.91. The first-order valence-corrected chi connectivity index (χ1v) is 27.3. The van der Waals surface area contributed by atoms with Gasteiger partial charge in [-0.1, -0.05) is 176 Å². The summed E-state index contributed by atoms with van der Waals surface area (Å²) in [6.45, 7) is 0. The van der Waals surface area contributed by atoms with E-state index in [-0.39, 0.29) is 0 Å². The second-order valence-corrected chi connectivity index (χ2v) is 21.9. The van der Waals surface area contributed by atoms with Crippen LogP contribution in [0.15, 0.2) is 255 Å². The van der Waals surface area contributed by atoms with Gasteiger partial charge in [0.25, 0.3) is 0 Å². The summed E-state index contributed by atoms with van der Waals surface area (Å²) < 4.78 is 9.92. The molecule has 0 fully saturated rings. The molecule has 6 heteroatoms. The Morgan fingerprint density at radius 1 is 0.250 bits per heavy atom. The SMILES string of the molecule is c1ccc(-c2ccccc2-c2cc(-c3cccc(-n4c5ccccc5c5ccc(-c6ccc7sc8ccccc8c7c6)cc54)c3)nc(-n3c4ccccc4c4ccc(-c5ccc6sc7ccccc7c6c5)cc43)n2)cc1. The van der Waals surface area contributed by atoms with Crippen LogP contribution in [-0.2, 0) is 0 Å². The smallest absolute Gasteiger partial charge is 0.235 e. The van der Waals surface area contributed by atoms with Gasteiger partial charge >= 0.3 is 0 Å². The summed E-state index contributed by atoms with van der Waals surface area (Å²) in [6.07, 6.45) is 0. The molecule has 0 aliphatic heterocycles. The molecule has 11 aromatic carbocycles. The van der Waals surface area contributed by atoms with Crippen molar-refractivity contribution in [3.05, 3.63) is 255 Å². The topological polar surface area (TPSA) is 35.6 Å². The fourth-order valence-electron chi connectivity index (χ4n) is 11.8. The first-order chi connectivity index (χ1) is 37.6. The second kappa shape index (κ2) is 17.0. The van der Waals surface area contributed by atoms with Crippen LogP contribution in [0.3, 0.4) is 0 Å². The van der Waals surface area contributed by atoms with Crippen LogP contribution in [0.5, 0.6) is 0 Å². The number of hydrogen-bond donors (Lipinski definition) is 0. The molecule has 0 spiro atoms. The average Bonchev–Trinajstić information content (AvgIpc) is 4.30. The number of thiophene rings is 2. The lowest BCUT2D eigenvalue weighted by Crippen LogP contribution is -2.04. The molecule has 0 bridgehead atoms. The number of fused-ring (bicyclic) bond motifs is 12. The Balaban J connectivity index is 0.899. The lowest BCUT2D eigenvalue weighted by atomic mass is 9.97. The molecule has 354 valence electrons. The highest BCUT2D eigenvalue weighted by Crippen LogP contribution is 2.43. The van der Waals surface area contributed by atoms with Crippen LogP contribution in [0.4, 0.5) is 0 Å². The Kier molecular flexibility index (Phi) is 9.64. The van der Waals surface area contributed by atoms with E-state index in [9.17, 15) is 0 Å². The number of aromatic nitrogens is 4. The number of para-hydroxylation sites is 2. The van der Waals surface area contributed by atoms with Crippen molar-refractivity contribution >= 4 is 107 Å². The highest BCUT2D eigenvalue weighted by Gasteiger charge is 2.21. The fraction of sp³-hybridized carbons (Fsp3) is 0. The molecule has 0 amide bonds. The third-order valence-corrected chi connectivity index (χ3v) is 17.7. The Bertz CT molecular complexity index is 5010. The van der Waals surface area contributed by atoms with Crippen molar-refractivity contribution in [3.8, 4) is 67.5 Å². The lowest BCUT2D eigenvalue weighted by Gasteiger charge is -2.15. The van der Waals surface area contributed by atoms with E-state index < -0.39 is 0 Å². The van der Waals surface area contributed by atoms with Gasteiger partial charge < -0.3 is 4.57 Å². The van der Waals surface area contributed by atoms with Crippen LogP contribution in [0.2, 0.25) is 0 Å². The molecule has 0 radical (unpaired) electrons. The van der Waals surface area contributed by atoms with Gasteiger partial charge in [-0.25, -0.2) is 9.97 Å². The van der Waals surface area contributed by atoms with E-state index in [1.165, 1.54) is 67.8 Å². The minimum atomic E-state index is 0.611. The molecule has 76 heavy (non-hydrogen) atoms. The summed E-state index contributed by atoms with van der Waals surface area (Å²) in [5.74, 6) is 0.611. The maximum absolute atomic E-state index is 5.63. The average molecular weight is 1000 g/mol. The van der Waals surface area contributed by atoms with Gasteiger partial charge in [-0.2, -0.15) is 0 Å². The van der Waals surface area contributed by atoms with E-state index in [1.807, 2.05) is 22.7 Å². The van der Waals surface area contributed by atoms with Gasteiger partial charge in [0.15, 0.2) is 0 Å². The highest BCUT2D eigenvalue weighted by atomic mass is 32.1. The number of nitrogens with zero attached hydrogens (tertiary/aromatic N) is 4. The van der Waals surface area contributed by atoms with Gasteiger partial charge in [0.1, 0.15) is 0 Å². The van der Waals surface area contributed by atoms with Crippen molar-refractivity contribution in [2.45, 2.75) is 0 Å². The van der Waals surface area contributed by atoms with E-state index in [4.69, 9.17) is 9.97 Å². The van der Waals surface area contributed by atoms with Gasteiger partial charge in [-0.15, -0.1) is 22.7 Å². The molecule has 5 heterocycles. The number of hydrogen-bond acceptors (Lipinski definition) is 4. The maximum atomic E-state index is 5.63. The highest BCUT2D eigenvalue weighted by molar-refractivity contribution is 7.26. The predicted molar refractivity (Wildman–Crippen MR) is 324 cm³/mol. The number of benzene rings is 11. The predicted octanol–water partition coefficient (Wildman–Crippen LogP) is 19.7. The molecule has 0 N–H and O–H groups in total. The van der Waals surface area contributed by atoms with Crippen LogP contribution in [0.25, 0.3) is 151 Å². The van der Waals surface area contributed by atoms with Crippen molar-refractivity contribution in [2.24, 2.45) is 0 Å². The van der Waals surface area contributed by atoms with Gasteiger partial charge in [-0.05, 0) is 112 Å². The Morgan fingerprint density at radius 2 is 0.711 bits per heavy atom. The molecular weight excluding hydrogens is 961 g/mol. The molecule has 0 aliphatic carbocycles. The molecule has 4 nitrogen and oxygen atoms in total. The monoisotopic (exact) mass is 1000 g/mol. The molecule has 16 rings (SSSR count). The standard InChI is InChI=1S/C70H42N4S2/c1-2-15-43(16-3-1)50-19-4-5-20-51(50)61-42-60(71-70(72-61)74-63-26-11-7-22-53(63)55-34-30-47(41-65(55)74)45-32-36-69-59(39-45)57-24-9-13-28-67(57)76-69)48-17-14-18-49(37-48)73-62-25-10-6-21-52(62)54-33-29-46(40-64(54)73)44-31-35-68-58(38-44)56-23-8-12-27-66(56)75-68/h1-42H. The molecule has 16 aromatic rings. The fourth-order valence-corrected chi connectivity index (χ4v) is 14.0. The van der Waals surface area contributed by atoms with Crippen molar-refractivity contribution < 1.29 is 0 Å². The molecule has 0 unspecified atom stereocenters. The lowest BCUT2D eigenvalue weighted by molar-refractivity contribution is 0.995. The quantitative estimate of drug-likeness (QED) is 0.159. The summed E-state index contributed by atoms with van der Waals surface area (Å²) in [7, 11) is 0. The molecule has 0 atom stereocenters. The normalized spacial score (nSPS) is 11.9. The van der Waals surface area contributed by atoms with E-state index in [0.717, 1.165) is 77.7 Å². The zero-order valence-electron chi connectivity index (χ0n) is 40.9.